The van der Waals surface area contributed by atoms with Crippen LogP contribution in [0.4, 0.5) is 5.69 Å². The van der Waals surface area contributed by atoms with Crippen LogP contribution in [-0.4, -0.2) is 17.0 Å². The van der Waals surface area contributed by atoms with Gasteiger partial charge in [-0.2, -0.15) is 5.10 Å². The number of carbonyl (C=O) groups excluding carboxylic acids is 1. The van der Waals surface area contributed by atoms with Crippen molar-refractivity contribution in [2.45, 2.75) is 32.2 Å². The highest BCUT2D eigenvalue weighted by Gasteiger charge is 2.56. The molecule has 1 heterocycles. The first-order chi connectivity index (χ1) is 12.5. The van der Waals surface area contributed by atoms with Crippen LogP contribution in [0, 0.1) is 11.8 Å². The number of ketones is 1. The maximum absolute atomic E-state index is 13.3. The number of anilines is 1. The molecule has 0 amide bonds. The normalized spacial score (nSPS) is 27.8. The van der Waals surface area contributed by atoms with E-state index in [2.05, 4.69) is 25.6 Å². The highest BCUT2D eigenvalue weighted by molar-refractivity contribution is 6.11. The summed E-state index contributed by atoms with van der Waals surface area (Å²) < 4.78 is 0. The van der Waals surface area contributed by atoms with Gasteiger partial charge in [0.25, 0.3) is 0 Å². The molecule has 2 aromatic rings. The number of carbonyl (C=O) groups is 1. The molecule has 0 N–H and O–H groups in total. The molecule has 0 bridgehead atoms. The first kappa shape index (κ1) is 16.8. The van der Waals surface area contributed by atoms with Crippen molar-refractivity contribution in [3.05, 3.63) is 78.4 Å². The van der Waals surface area contributed by atoms with E-state index in [4.69, 9.17) is 5.10 Å². The fourth-order valence-corrected chi connectivity index (χ4v) is 4.29. The van der Waals surface area contributed by atoms with Gasteiger partial charge >= 0.3 is 0 Å². The van der Waals surface area contributed by atoms with E-state index < -0.39 is 5.54 Å². The van der Waals surface area contributed by atoms with Crippen LogP contribution < -0.4 is 5.01 Å². The van der Waals surface area contributed by atoms with E-state index >= 15 is 0 Å². The van der Waals surface area contributed by atoms with Gasteiger partial charge < -0.3 is 0 Å². The Labute approximate surface area is 155 Å². The Hall–Kier alpha value is -2.68. The number of hydrogen-bond donors (Lipinski definition) is 0. The number of Topliss-reactive ketones (excluding diaryl/α,β-unsaturated/α-hetero) is 1. The molecule has 0 radical (unpaired) electrons. The van der Waals surface area contributed by atoms with Crippen molar-refractivity contribution in [3.63, 3.8) is 0 Å². The van der Waals surface area contributed by atoms with Crippen LogP contribution in [0.5, 0.6) is 0 Å². The molecular formula is C23H24N2O. The number of hydrazone groups is 1. The lowest BCUT2D eigenvalue weighted by molar-refractivity contribution is -0.127. The molecule has 0 unspecified atom stereocenters. The number of nitrogens with zero attached hydrogens (tertiary/aromatic N) is 2. The van der Waals surface area contributed by atoms with Crippen LogP contribution in [0.3, 0.4) is 0 Å². The van der Waals surface area contributed by atoms with E-state index in [1.165, 1.54) is 0 Å². The highest BCUT2D eigenvalue weighted by Crippen LogP contribution is 2.48. The molecule has 26 heavy (non-hydrogen) atoms. The molecule has 2 aromatic carbocycles. The van der Waals surface area contributed by atoms with Crippen molar-refractivity contribution in [2.75, 3.05) is 5.01 Å². The lowest BCUT2D eigenvalue weighted by Gasteiger charge is -2.43. The molecule has 3 nitrogen and oxygen atoms in total. The first-order valence-electron chi connectivity index (χ1n) is 9.19. The zero-order valence-electron chi connectivity index (χ0n) is 15.4. The Morgan fingerprint density at radius 1 is 1.12 bits per heavy atom. The summed E-state index contributed by atoms with van der Waals surface area (Å²) in [5.74, 6) is 0.540. The van der Waals surface area contributed by atoms with E-state index in [0.29, 0.717) is 6.42 Å². The molecule has 132 valence electrons. The van der Waals surface area contributed by atoms with Crippen molar-refractivity contribution in [2.24, 2.45) is 16.9 Å². The van der Waals surface area contributed by atoms with E-state index in [9.17, 15) is 4.79 Å². The van der Waals surface area contributed by atoms with Crippen LogP contribution in [0.2, 0.25) is 0 Å². The van der Waals surface area contributed by atoms with Gasteiger partial charge in [-0.15, -0.1) is 0 Å². The molecule has 1 fully saturated rings. The lowest BCUT2D eigenvalue weighted by atomic mass is 9.65. The molecule has 3 atom stereocenters. The SMILES string of the molecule is C=C(C)[C@H]1CC(=O)[C@]2(C)[C@H](C1)C(c1ccccc1)=NN2c1ccccc1. The molecule has 1 saturated carbocycles. The number of benzene rings is 2. The van der Waals surface area contributed by atoms with Crippen molar-refractivity contribution < 1.29 is 4.79 Å². The van der Waals surface area contributed by atoms with Crippen molar-refractivity contribution in [1.29, 1.82) is 0 Å². The molecule has 4 rings (SSSR count). The predicted octanol–water partition coefficient (Wildman–Crippen LogP) is 4.84. The van der Waals surface area contributed by atoms with E-state index in [1.807, 2.05) is 60.5 Å². The summed E-state index contributed by atoms with van der Waals surface area (Å²) in [6.07, 6.45) is 1.46. The number of allylic oxidation sites excluding steroid dienone is 1. The fraction of sp³-hybridized carbons (Fsp3) is 0.304. The number of hydrogen-bond acceptors (Lipinski definition) is 3. The molecule has 3 heteroatoms. The van der Waals surface area contributed by atoms with Crippen molar-refractivity contribution >= 4 is 17.2 Å². The van der Waals surface area contributed by atoms with Gasteiger partial charge in [-0.1, -0.05) is 60.7 Å². The van der Waals surface area contributed by atoms with E-state index in [1.54, 1.807) is 0 Å². The Kier molecular flexibility index (Phi) is 4.03. The summed E-state index contributed by atoms with van der Waals surface area (Å²) in [6, 6.07) is 20.3. The zero-order chi connectivity index (χ0) is 18.3. The maximum Gasteiger partial charge on any atom is 0.161 e. The van der Waals surface area contributed by atoms with Gasteiger partial charge in [0, 0.05) is 12.3 Å². The maximum atomic E-state index is 13.3. The van der Waals surface area contributed by atoms with Gasteiger partial charge in [0.1, 0.15) is 5.54 Å². The summed E-state index contributed by atoms with van der Waals surface area (Å²) in [5, 5.41) is 6.94. The summed E-state index contributed by atoms with van der Waals surface area (Å²) in [6.45, 7) is 8.21. The smallest absolute Gasteiger partial charge is 0.161 e. The molecular weight excluding hydrogens is 320 g/mol. The minimum Gasteiger partial charge on any atom is -0.297 e. The Balaban J connectivity index is 1.85. The third-order valence-electron chi connectivity index (χ3n) is 5.94. The highest BCUT2D eigenvalue weighted by atomic mass is 16.1. The topological polar surface area (TPSA) is 32.7 Å². The fourth-order valence-electron chi connectivity index (χ4n) is 4.29. The van der Waals surface area contributed by atoms with Crippen molar-refractivity contribution in [3.8, 4) is 0 Å². The van der Waals surface area contributed by atoms with Crippen LogP contribution in [-0.2, 0) is 4.79 Å². The summed E-state index contributed by atoms with van der Waals surface area (Å²) in [4.78, 5) is 13.3. The van der Waals surface area contributed by atoms with Gasteiger partial charge in [0.2, 0.25) is 0 Å². The summed E-state index contributed by atoms with van der Waals surface area (Å²) in [7, 11) is 0. The third-order valence-corrected chi connectivity index (χ3v) is 5.94. The van der Waals surface area contributed by atoms with Gasteiger partial charge in [-0.05, 0) is 43.9 Å². The number of fused-ring (bicyclic) bond motifs is 1. The lowest BCUT2D eigenvalue weighted by Crippen LogP contribution is -2.56. The largest absolute Gasteiger partial charge is 0.297 e. The molecule has 2 aliphatic rings. The van der Waals surface area contributed by atoms with Gasteiger partial charge in [0.05, 0.1) is 11.4 Å². The number of para-hydroxylation sites is 1. The average molecular weight is 344 g/mol. The average Bonchev–Trinajstić information content (AvgIpc) is 2.97. The molecule has 1 aliphatic heterocycles. The summed E-state index contributed by atoms with van der Waals surface area (Å²) in [5.41, 5.74) is 3.52. The Bertz CT molecular complexity index is 872. The van der Waals surface area contributed by atoms with Crippen LogP contribution in [0.15, 0.2) is 77.9 Å². The van der Waals surface area contributed by atoms with Crippen LogP contribution >= 0.6 is 0 Å². The van der Waals surface area contributed by atoms with Gasteiger partial charge in [0.15, 0.2) is 5.78 Å². The minimum absolute atomic E-state index is 0.0630. The predicted molar refractivity (Wildman–Crippen MR) is 106 cm³/mol. The standard InChI is InChI=1S/C23H24N2O/c1-16(2)18-14-20-22(17-10-6-4-7-11-17)24-25(19-12-8-5-9-13-19)23(20,3)21(26)15-18/h4-13,18,20H,1,14-15H2,2-3H3/t18-,20-,23+/m1/s1. The van der Waals surface area contributed by atoms with Crippen molar-refractivity contribution in [1.82, 2.24) is 0 Å². The summed E-state index contributed by atoms with van der Waals surface area (Å²) >= 11 is 0. The van der Waals surface area contributed by atoms with Crippen LogP contribution in [0.25, 0.3) is 0 Å². The second kappa shape index (κ2) is 6.24. The quantitative estimate of drug-likeness (QED) is 0.746. The van der Waals surface area contributed by atoms with E-state index in [0.717, 1.165) is 29.0 Å². The zero-order valence-corrected chi connectivity index (χ0v) is 15.4. The molecule has 0 spiro atoms. The number of rotatable bonds is 3. The van der Waals surface area contributed by atoms with E-state index in [-0.39, 0.29) is 17.6 Å². The molecule has 1 aliphatic carbocycles. The van der Waals surface area contributed by atoms with Crippen LogP contribution in [0.1, 0.15) is 32.3 Å². The Morgan fingerprint density at radius 2 is 1.73 bits per heavy atom. The van der Waals surface area contributed by atoms with Gasteiger partial charge in [-0.25, -0.2) is 0 Å². The first-order valence-corrected chi connectivity index (χ1v) is 9.19. The van der Waals surface area contributed by atoms with Gasteiger partial charge in [-0.3, -0.25) is 9.80 Å². The molecule has 0 aromatic heterocycles. The monoisotopic (exact) mass is 344 g/mol. The minimum atomic E-state index is -0.640. The third kappa shape index (κ3) is 2.50. The second-order valence-corrected chi connectivity index (χ2v) is 7.61. The Morgan fingerprint density at radius 3 is 2.35 bits per heavy atom. The molecule has 0 saturated heterocycles. The second-order valence-electron chi connectivity index (χ2n) is 7.61.